The molecule has 1 aliphatic rings. The monoisotopic (exact) mass is 298 g/mol. The molecule has 1 aromatic heterocycles. The zero-order valence-electron chi connectivity index (χ0n) is 12.4. The second-order valence-corrected chi connectivity index (χ2v) is 5.97. The van der Waals surface area contributed by atoms with Crippen LogP contribution in [0.3, 0.4) is 0 Å². The Hall–Kier alpha value is -0.690. The molecule has 0 aromatic carbocycles. The Kier molecular flexibility index (Phi) is 7.28. The van der Waals surface area contributed by atoms with Gasteiger partial charge in [-0.05, 0) is 25.9 Å². The number of nitrogens with one attached hydrogen (secondary N) is 1. The van der Waals surface area contributed by atoms with Crippen molar-refractivity contribution in [2.75, 3.05) is 64.4 Å². The van der Waals surface area contributed by atoms with Crippen molar-refractivity contribution >= 4 is 16.5 Å². The lowest BCUT2D eigenvalue weighted by Gasteiger charge is -2.34. The van der Waals surface area contributed by atoms with Gasteiger partial charge < -0.3 is 15.0 Å². The van der Waals surface area contributed by atoms with Crippen molar-refractivity contribution in [2.45, 2.75) is 12.8 Å². The van der Waals surface area contributed by atoms with Gasteiger partial charge in [-0.3, -0.25) is 4.90 Å². The Labute approximate surface area is 125 Å². The number of hydrogen-bond acceptors (Lipinski definition) is 6. The summed E-state index contributed by atoms with van der Waals surface area (Å²) >= 11 is 1.74. The highest BCUT2D eigenvalue weighted by molar-refractivity contribution is 7.13. The summed E-state index contributed by atoms with van der Waals surface area (Å²) < 4.78 is 5.00. The van der Waals surface area contributed by atoms with Gasteiger partial charge in [0.05, 0.1) is 6.61 Å². The maximum atomic E-state index is 5.00. The van der Waals surface area contributed by atoms with Crippen LogP contribution in [0, 0.1) is 0 Å². The molecule has 2 heterocycles. The first-order valence-corrected chi connectivity index (χ1v) is 8.34. The summed E-state index contributed by atoms with van der Waals surface area (Å²) in [6.45, 7) is 8.63. The van der Waals surface area contributed by atoms with Gasteiger partial charge in [0, 0.05) is 51.4 Å². The fraction of sp³-hybridized carbons (Fsp3) is 0.786. The lowest BCUT2D eigenvalue weighted by molar-refractivity contribution is 0.199. The van der Waals surface area contributed by atoms with Crippen molar-refractivity contribution in [2.24, 2.45) is 0 Å². The molecule has 114 valence electrons. The van der Waals surface area contributed by atoms with Gasteiger partial charge in [0.15, 0.2) is 5.13 Å². The molecule has 0 aliphatic carbocycles. The Bertz CT molecular complexity index is 339. The molecule has 1 saturated heterocycles. The van der Waals surface area contributed by atoms with E-state index in [0.29, 0.717) is 0 Å². The Balaban J connectivity index is 1.50. The van der Waals surface area contributed by atoms with Crippen molar-refractivity contribution in [3.8, 4) is 0 Å². The number of rotatable bonds is 9. The van der Waals surface area contributed by atoms with Crippen LogP contribution in [0.1, 0.15) is 12.8 Å². The predicted octanol–water partition coefficient (Wildman–Crippen LogP) is 1.28. The lowest BCUT2D eigenvalue weighted by atomic mass is 10.2. The molecular weight excluding hydrogens is 272 g/mol. The van der Waals surface area contributed by atoms with Crippen LogP contribution in [-0.2, 0) is 4.74 Å². The molecule has 1 aliphatic heterocycles. The van der Waals surface area contributed by atoms with E-state index in [1.807, 2.05) is 6.20 Å². The van der Waals surface area contributed by atoms with Crippen LogP contribution < -0.4 is 10.2 Å². The number of nitrogens with zero attached hydrogens (tertiary/aromatic N) is 3. The molecule has 0 spiro atoms. The van der Waals surface area contributed by atoms with Crippen molar-refractivity contribution in [3.63, 3.8) is 0 Å². The molecule has 1 aromatic rings. The molecular formula is C14H26N4OS. The smallest absolute Gasteiger partial charge is 0.185 e. The third-order valence-corrected chi connectivity index (χ3v) is 4.46. The summed E-state index contributed by atoms with van der Waals surface area (Å²) in [4.78, 5) is 9.35. The highest BCUT2D eigenvalue weighted by Crippen LogP contribution is 2.18. The average Bonchev–Trinajstić information content (AvgIpc) is 3.01. The minimum absolute atomic E-state index is 0.804. The van der Waals surface area contributed by atoms with Crippen LogP contribution in [0.5, 0.6) is 0 Å². The molecule has 20 heavy (non-hydrogen) atoms. The normalized spacial score (nSPS) is 16.8. The summed E-state index contributed by atoms with van der Waals surface area (Å²) in [5.41, 5.74) is 0. The van der Waals surface area contributed by atoms with E-state index >= 15 is 0 Å². The minimum Gasteiger partial charge on any atom is -0.383 e. The zero-order valence-corrected chi connectivity index (χ0v) is 13.2. The van der Waals surface area contributed by atoms with Crippen LogP contribution in [0.25, 0.3) is 0 Å². The average molecular weight is 298 g/mol. The third kappa shape index (κ3) is 5.36. The number of piperazine rings is 1. The number of methoxy groups -OCH3 is 1. The van der Waals surface area contributed by atoms with Gasteiger partial charge in [0.2, 0.25) is 0 Å². The summed E-state index contributed by atoms with van der Waals surface area (Å²) in [6, 6.07) is 0. The van der Waals surface area contributed by atoms with E-state index in [4.69, 9.17) is 4.74 Å². The SMILES string of the molecule is COCCNCCCCN1CCN(c2nccs2)CC1. The van der Waals surface area contributed by atoms with Gasteiger partial charge in [-0.2, -0.15) is 0 Å². The molecule has 0 saturated carbocycles. The Morgan fingerprint density at radius 3 is 2.80 bits per heavy atom. The van der Waals surface area contributed by atoms with Crippen molar-refractivity contribution in [1.82, 2.24) is 15.2 Å². The number of aromatic nitrogens is 1. The van der Waals surface area contributed by atoms with Gasteiger partial charge in [-0.15, -0.1) is 11.3 Å². The molecule has 0 bridgehead atoms. The fourth-order valence-corrected chi connectivity index (χ4v) is 3.12. The molecule has 5 nitrogen and oxygen atoms in total. The van der Waals surface area contributed by atoms with Crippen molar-refractivity contribution in [3.05, 3.63) is 11.6 Å². The van der Waals surface area contributed by atoms with E-state index in [0.717, 1.165) is 45.9 Å². The fourth-order valence-electron chi connectivity index (χ4n) is 2.42. The molecule has 1 N–H and O–H groups in total. The topological polar surface area (TPSA) is 40.6 Å². The van der Waals surface area contributed by atoms with E-state index in [-0.39, 0.29) is 0 Å². The summed E-state index contributed by atoms with van der Waals surface area (Å²) in [5, 5.41) is 6.62. The van der Waals surface area contributed by atoms with E-state index in [1.165, 1.54) is 24.5 Å². The first-order valence-electron chi connectivity index (χ1n) is 7.46. The number of anilines is 1. The summed E-state index contributed by atoms with van der Waals surface area (Å²) in [5.74, 6) is 0. The second-order valence-electron chi connectivity index (χ2n) is 5.09. The quantitative estimate of drug-likeness (QED) is 0.696. The Morgan fingerprint density at radius 2 is 2.10 bits per heavy atom. The second kappa shape index (κ2) is 9.28. The number of thiazole rings is 1. The van der Waals surface area contributed by atoms with Gasteiger partial charge in [-0.1, -0.05) is 0 Å². The third-order valence-electron chi connectivity index (χ3n) is 3.62. The predicted molar refractivity (Wildman–Crippen MR) is 84.7 cm³/mol. The molecule has 0 unspecified atom stereocenters. The van der Waals surface area contributed by atoms with Crippen LogP contribution in [0.15, 0.2) is 11.6 Å². The molecule has 0 atom stereocenters. The van der Waals surface area contributed by atoms with Crippen LogP contribution in [0.2, 0.25) is 0 Å². The number of unbranched alkanes of at least 4 members (excludes halogenated alkanes) is 1. The maximum Gasteiger partial charge on any atom is 0.185 e. The lowest BCUT2D eigenvalue weighted by Crippen LogP contribution is -2.46. The molecule has 0 amide bonds. The van der Waals surface area contributed by atoms with E-state index in [1.54, 1.807) is 18.4 Å². The van der Waals surface area contributed by atoms with Crippen LogP contribution in [-0.4, -0.2) is 69.4 Å². The van der Waals surface area contributed by atoms with E-state index in [2.05, 4.69) is 25.5 Å². The van der Waals surface area contributed by atoms with Gasteiger partial charge >= 0.3 is 0 Å². The summed E-state index contributed by atoms with van der Waals surface area (Å²) in [7, 11) is 1.74. The minimum atomic E-state index is 0.804. The maximum absolute atomic E-state index is 5.00. The van der Waals surface area contributed by atoms with E-state index in [9.17, 15) is 0 Å². The standard InChI is InChI=1S/C14H26N4OS/c1-19-12-5-15-4-2-3-7-17-8-10-18(11-9-17)14-16-6-13-20-14/h6,13,15H,2-5,7-12H2,1H3. The van der Waals surface area contributed by atoms with Crippen molar-refractivity contribution in [1.29, 1.82) is 0 Å². The summed E-state index contributed by atoms with van der Waals surface area (Å²) in [6.07, 6.45) is 4.41. The number of hydrogen-bond donors (Lipinski definition) is 1. The highest BCUT2D eigenvalue weighted by atomic mass is 32.1. The molecule has 0 radical (unpaired) electrons. The Morgan fingerprint density at radius 1 is 1.25 bits per heavy atom. The number of ether oxygens (including phenoxy) is 1. The van der Waals surface area contributed by atoms with Crippen molar-refractivity contribution < 1.29 is 4.74 Å². The molecule has 2 rings (SSSR count). The van der Waals surface area contributed by atoms with Gasteiger partial charge in [-0.25, -0.2) is 4.98 Å². The van der Waals surface area contributed by atoms with E-state index < -0.39 is 0 Å². The first kappa shape index (κ1) is 15.7. The van der Waals surface area contributed by atoms with Gasteiger partial charge in [0.1, 0.15) is 0 Å². The first-order chi connectivity index (χ1) is 9.90. The van der Waals surface area contributed by atoms with Crippen LogP contribution in [0.4, 0.5) is 5.13 Å². The highest BCUT2D eigenvalue weighted by Gasteiger charge is 2.17. The zero-order chi connectivity index (χ0) is 14.0. The largest absolute Gasteiger partial charge is 0.383 e. The molecule has 6 heteroatoms. The van der Waals surface area contributed by atoms with Crippen LogP contribution >= 0.6 is 11.3 Å². The van der Waals surface area contributed by atoms with Gasteiger partial charge in [0.25, 0.3) is 0 Å². The molecule has 1 fully saturated rings.